The lowest BCUT2D eigenvalue weighted by Gasteiger charge is -2.33. The van der Waals surface area contributed by atoms with Crippen LogP contribution in [0.25, 0.3) is 10.8 Å². The Morgan fingerprint density at radius 3 is 2.55 bits per heavy atom. The van der Waals surface area contributed by atoms with Crippen LogP contribution < -0.4 is 10.5 Å². The van der Waals surface area contributed by atoms with Gasteiger partial charge >= 0.3 is 0 Å². The molecule has 31 heavy (non-hydrogen) atoms. The van der Waals surface area contributed by atoms with Gasteiger partial charge in [-0.2, -0.15) is 0 Å². The maximum Gasteiger partial charge on any atom is 0.197 e. The fourth-order valence-electron chi connectivity index (χ4n) is 4.95. The summed E-state index contributed by atoms with van der Waals surface area (Å²) in [6.07, 6.45) is 8.72. The lowest BCUT2D eigenvalue weighted by Crippen LogP contribution is -2.40. The minimum Gasteiger partial charge on any atom is -0.464 e. The third-order valence-corrected chi connectivity index (χ3v) is 6.64. The van der Waals surface area contributed by atoms with Crippen LogP contribution in [0.5, 0.6) is 5.75 Å². The summed E-state index contributed by atoms with van der Waals surface area (Å²) in [7, 11) is 0. The van der Waals surface area contributed by atoms with Crippen LogP contribution in [0.2, 0.25) is 0 Å². The molecule has 3 nitrogen and oxygen atoms in total. The van der Waals surface area contributed by atoms with Gasteiger partial charge in [0.25, 0.3) is 0 Å². The van der Waals surface area contributed by atoms with Crippen molar-refractivity contribution in [3.63, 3.8) is 0 Å². The predicted molar refractivity (Wildman–Crippen MR) is 129 cm³/mol. The van der Waals surface area contributed by atoms with Gasteiger partial charge < -0.3 is 15.2 Å². The summed E-state index contributed by atoms with van der Waals surface area (Å²) in [6, 6.07) is 14.8. The Morgan fingerprint density at radius 1 is 1.13 bits per heavy atom. The van der Waals surface area contributed by atoms with E-state index in [2.05, 4.69) is 58.0 Å². The van der Waals surface area contributed by atoms with Crippen LogP contribution in [0.4, 0.5) is 0 Å². The van der Waals surface area contributed by atoms with Gasteiger partial charge in [0.05, 0.1) is 6.61 Å². The molecule has 2 unspecified atom stereocenters. The summed E-state index contributed by atoms with van der Waals surface area (Å²) in [5.74, 6) is 2.42. The number of benzene rings is 1. The molecule has 0 bridgehead atoms. The fourth-order valence-corrected chi connectivity index (χ4v) is 4.95. The van der Waals surface area contributed by atoms with E-state index >= 15 is 0 Å². The van der Waals surface area contributed by atoms with Gasteiger partial charge in [0.1, 0.15) is 5.75 Å². The molecule has 170 valence electrons. The van der Waals surface area contributed by atoms with Gasteiger partial charge in [-0.05, 0) is 57.1 Å². The Kier molecular flexibility index (Phi) is 8.25. The van der Waals surface area contributed by atoms with Crippen LogP contribution >= 0.6 is 0 Å². The molecule has 0 aliphatic heterocycles. The van der Waals surface area contributed by atoms with Gasteiger partial charge in [-0.1, -0.05) is 70.2 Å². The number of fused-ring (bicyclic) bond motifs is 1. The molecule has 0 aromatic heterocycles. The molecule has 1 saturated carbocycles. The van der Waals surface area contributed by atoms with Gasteiger partial charge in [-0.15, -0.1) is 0 Å². The van der Waals surface area contributed by atoms with E-state index in [-0.39, 0.29) is 17.7 Å². The minimum absolute atomic E-state index is 0.236. The first-order valence-corrected chi connectivity index (χ1v) is 12.2. The van der Waals surface area contributed by atoms with Gasteiger partial charge in [0.2, 0.25) is 0 Å². The van der Waals surface area contributed by atoms with Crippen molar-refractivity contribution in [2.45, 2.75) is 97.3 Å². The Labute approximate surface area is 189 Å². The number of ether oxygens (including phenoxy) is 2. The highest BCUT2D eigenvalue weighted by Gasteiger charge is 2.29. The summed E-state index contributed by atoms with van der Waals surface area (Å²) in [4.78, 5) is 0. The van der Waals surface area contributed by atoms with E-state index in [9.17, 15) is 0 Å². The van der Waals surface area contributed by atoms with E-state index in [0.29, 0.717) is 5.92 Å². The van der Waals surface area contributed by atoms with Crippen molar-refractivity contribution in [3.8, 4) is 5.75 Å². The largest absolute Gasteiger partial charge is 0.464 e. The number of hydrogen-bond donors (Lipinski definition) is 1. The van der Waals surface area contributed by atoms with E-state index in [1.165, 1.54) is 37.7 Å². The predicted octanol–water partition coefficient (Wildman–Crippen LogP) is 7.02. The van der Waals surface area contributed by atoms with Crippen molar-refractivity contribution in [1.82, 2.24) is 0 Å². The molecule has 1 aliphatic carbocycles. The molecule has 0 amide bonds. The topological polar surface area (TPSA) is 44.5 Å². The summed E-state index contributed by atoms with van der Waals surface area (Å²) >= 11 is 0. The second-order valence-electron chi connectivity index (χ2n) is 10.4. The van der Waals surface area contributed by atoms with Crippen LogP contribution in [0.15, 0.2) is 24.3 Å². The van der Waals surface area contributed by atoms with Crippen molar-refractivity contribution >= 4 is 10.8 Å². The maximum atomic E-state index is 6.61. The van der Waals surface area contributed by atoms with Crippen LogP contribution in [0, 0.1) is 24.0 Å². The van der Waals surface area contributed by atoms with Crippen molar-refractivity contribution < 1.29 is 9.47 Å². The highest BCUT2D eigenvalue weighted by atomic mass is 16.7. The Bertz CT molecular complexity index is 817. The van der Waals surface area contributed by atoms with Gasteiger partial charge in [-0.25, -0.2) is 0 Å². The molecule has 2 aromatic carbocycles. The third kappa shape index (κ3) is 6.61. The van der Waals surface area contributed by atoms with E-state index in [0.717, 1.165) is 41.9 Å². The van der Waals surface area contributed by atoms with Gasteiger partial charge in [0.15, 0.2) is 6.29 Å². The number of hydrogen-bond acceptors (Lipinski definition) is 3. The summed E-state index contributed by atoms with van der Waals surface area (Å²) in [5.41, 5.74) is 7.52. The molecule has 0 spiro atoms. The quantitative estimate of drug-likeness (QED) is 0.418. The highest BCUT2D eigenvalue weighted by Crippen LogP contribution is 2.38. The minimum atomic E-state index is -0.321. The zero-order valence-corrected chi connectivity index (χ0v) is 20.2. The average molecular weight is 424 g/mol. The summed E-state index contributed by atoms with van der Waals surface area (Å²) < 4.78 is 12.2. The standard InChI is InChI=1S/C28H41NO2/c1-20(2)19-26(28(4,5)29)24-14-9-15-25-23(24)13-10-16-27(25)31-21(3)30-18-17-22-11-7-6-8-12-22/h9,14-16,20-22,26H,6-8,11-12,17-19,29H2,1-5H3. The van der Waals surface area contributed by atoms with Crippen LogP contribution in [-0.2, 0) is 4.74 Å². The second-order valence-corrected chi connectivity index (χ2v) is 10.4. The maximum absolute atomic E-state index is 6.61. The molecule has 2 N–H and O–H groups in total. The first-order chi connectivity index (χ1) is 14.8. The summed E-state index contributed by atoms with van der Waals surface area (Å²) in [5, 5.41) is 2.11. The lowest BCUT2D eigenvalue weighted by molar-refractivity contribution is -0.0703. The zero-order chi connectivity index (χ0) is 22.4. The second kappa shape index (κ2) is 10.7. The van der Waals surface area contributed by atoms with E-state index in [4.69, 9.17) is 15.2 Å². The molecule has 1 aliphatic rings. The van der Waals surface area contributed by atoms with Crippen molar-refractivity contribution in [2.24, 2.45) is 17.6 Å². The Hall–Kier alpha value is -1.76. The van der Waals surface area contributed by atoms with Crippen molar-refractivity contribution in [3.05, 3.63) is 42.0 Å². The van der Waals surface area contributed by atoms with Crippen molar-refractivity contribution in [1.29, 1.82) is 0 Å². The van der Waals surface area contributed by atoms with E-state index in [1.54, 1.807) is 0 Å². The Morgan fingerprint density at radius 2 is 1.87 bits per heavy atom. The Balaban J connectivity index is 1.74. The lowest BCUT2D eigenvalue weighted by atomic mass is 9.76. The van der Waals surface area contributed by atoms with Crippen LogP contribution in [-0.4, -0.2) is 18.4 Å². The van der Waals surface area contributed by atoms with Gasteiger partial charge in [0, 0.05) is 28.3 Å². The van der Waals surface area contributed by atoms with Crippen molar-refractivity contribution in [2.75, 3.05) is 6.61 Å². The average Bonchev–Trinajstić information content (AvgIpc) is 2.72. The third-order valence-electron chi connectivity index (χ3n) is 6.64. The molecule has 0 saturated heterocycles. The normalized spacial score (nSPS) is 17.5. The molecular formula is C28H41NO2. The number of rotatable bonds is 10. The van der Waals surface area contributed by atoms with E-state index < -0.39 is 0 Å². The monoisotopic (exact) mass is 423 g/mol. The highest BCUT2D eigenvalue weighted by molar-refractivity contribution is 5.90. The first-order valence-electron chi connectivity index (χ1n) is 12.2. The van der Waals surface area contributed by atoms with Crippen LogP contribution in [0.3, 0.4) is 0 Å². The molecule has 1 fully saturated rings. The van der Waals surface area contributed by atoms with E-state index in [1.807, 2.05) is 13.0 Å². The molecule has 3 rings (SSSR count). The number of nitrogens with two attached hydrogens (primary N) is 1. The molecule has 3 heteroatoms. The SMILES string of the molecule is CC(C)CC(c1cccc2c(OC(C)OCCC3CCCCC3)cc#cc12)C(C)(C)N. The fraction of sp³-hybridized carbons (Fsp3) is 0.643. The molecule has 0 heterocycles. The molecular weight excluding hydrogens is 382 g/mol. The molecule has 0 radical (unpaired) electrons. The van der Waals surface area contributed by atoms with Crippen LogP contribution in [0.1, 0.15) is 91.0 Å². The smallest absolute Gasteiger partial charge is 0.197 e. The first kappa shape index (κ1) is 23.9. The summed E-state index contributed by atoms with van der Waals surface area (Å²) in [6.45, 7) is 11.5. The molecule has 2 atom stereocenters. The molecule has 2 aromatic rings. The zero-order valence-electron chi connectivity index (χ0n) is 20.2. The van der Waals surface area contributed by atoms with Gasteiger partial charge in [-0.3, -0.25) is 0 Å².